The van der Waals surface area contributed by atoms with E-state index in [-0.39, 0.29) is 0 Å². The van der Waals surface area contributed by atoms with Crippen LogP contribution in [0.4, 0.5) is 0 Å². The fourth-order valence-corrected chi connectivity index (χ4v) is 4.88. The highest BCUT2D eigenvalue weighted by molar-refractivity contribution is 7.91. The fourth-order valence-electron chi connectivity index (χ4n) is 3.54. The maximum Gasteiger partial charge on any atom is 0.151 e. The lowest BCUT2D eigenvalue weighted by molar-refractivity contribution is 0.115. The van der Waals surface area contributed by atoms with Crippen LogP contribution in [0, 0.1) is 11.8 Å². The van der Waals surface area contributed by atoms with Crippen LogP contribution >= 0.6 is 0 Å². The Morgan fingerprint density at radius 2 is 1.80 bits per heavy atom. The Labute approximate surface area is 123 Å². The molecule has 0 spiro atoms. The van der Waals surface area contributed by atoms with E-state index >= 15 is 0 Å². The molecule has 2 atom stereocenters. The summed E-state index contributed by atoms with van der Waals surface area (Å²) in [6.45, 7) is 4.82. The summed E-state index contributed by atoms with van der Waals surface area (Å²) in [4.78, 5) is 2.49. The first-order valence-electron chi connectivity index (χ1n) is 8.27. The van der Waals surface area contributed by atoms with E-state index in [0.29, 0.717) is 23.6 Å². The Balaban J connectivity index is 1.57. The van der Waals surface area contributed by atoms with Crippen molar-refractivity contribution in [2.75, 3.05) is 31.1 Å². The molecule has 0 aromatic rings. The minimum Gasteiger partial charge on any atom is -0.311 e. The zero-order valence-corrected chi connectivity index (χ0v) is 13.4. The smallest absolute Gasteiger partial charge is 0.151 e. The van der Waals surface area contributed by atoms with E-state index in [9.17, 15) is 8.42 Å². The van der Waals surface area contributed by atoms with Crippen molar-refractivity contribution in [3.05, 3.63) is 0 Å². The quantitative estimate of drug-likeness (QED) is 0.769. The molecule has 2 saturated carbocycles. The summed E-state index contributed by atoms with van der Waals surface area (Å²) in [6.07, 6.45) is 6.11. The third-order valence-electron chi connectivity index (χ3n) is 5.05. The van der Waals surface area contributed by atoms with Crippen molar-refractivity contribution < 1.29 is 8.42 Å². The van der Waals surface area contributed by atoms with Crippen LogP contribution in [0.1, 0.15) is 39.0 Å². The summed E-state index contributed by atoms with van der Waals surface area (Å²) < 4.78 is 23.9. The first-order valence-corrected chi connectivity index (χ1v) is 10.1. The monoisotopic (exact) mass is 300 g/mol. The number of sulfone groups is 1. The van der Waals surface area contributed by atoms with Gasteiger partial charge in [-0.2, -0.15) is 0 Å². The van der Waals surface area contributed by atoms with Crippen LogP contribution in [-0.2, 0) is 9.84 Å². The molecule has 0 bridgehead atoms. The van der Waals surface area contributed by atoms with E-state index in [1.807, 2.05) is 6.92 Å². The van der Waals surface area contributed by atoms with Gasteiger partial charge in [0.05, 0.1) is 5.75 Å². The Morgan fingerprint density at radius 1 is 1.10 bits per heavy atom. The Morgan fingerprint density at radius 3 is 2.40 bits per heavy atom. The fraction of sp³-hybridized carbons (Fsp3) is 1.00. The summed E-state index contributed by atoms with van der Waals surface area (Å²) in [5.74, 6) is 2.36. The van der Waals surface area contributed by atoms with E-state index in [0.717, 1.165) is 37.9 Å². The maximum absolute atomic E-state index is 12.0. The van der Waals surface area contributed by atoms with Crippen molar-refractivity contribution in [3.63, 3.8) is 0 Å². The molecule has 2 unspecified atom stereocenters. The van der Waals surface area contributed by atoms with Gasteiger partial charge in [-0.05, 0) is 43.9 Å². The van der Waals surface area contributed by atoms with Crippen LogP contribution in [0.25, 0.3) is 0 Å². The number of nitrogens with one attached hydrogen (secondary N) is 1. The van der Waals surface area contributed by atoms with Gasteiger partial charge in [-0.3, -0.25) is 4.90 Å². The molecule has 0 amide bonds. The van der Waals surface area contributed by atoms with Gasteiger partial charge in [-0.1, -0.05) is 6.92 Å². The molecule has 2 aliphatic carbocycles. The van der Waals surface area contributed by atoms with Crippen molar-refractivity contribution in [1.82, 2.24) is 10.2 Å². The molecule has 0 aromatic carbocycles. The summed E-state index contributed by atoms with van der Waals surface area (Å²) in [7, 11) is -2.84. The Kier molecular flexibility index (Phi) is 4.39. The minimum absolute atomic E-state index is 0.346. The maximum atomic E-state index is 12.0. The molecular weight excluding hydrogens is 272 g/mol. The number of piperazine rings is 1. The predicted molar refractivity (Wildman–Crippen MR) is 81.5 cm³/mol. The van der Waals surface area contributed by atoms with E-state index in [1.165, 1.54) is 25.7 Å². The highest BCUT2D eigenvalue weighted by Gasteiger charge is 2.42. The standard InChI is InChI=1S/C15H28N2O2S/c1-2-8-20(18,19)9-7-17-11-14(12-3-4-12)16-10-15(17)13-5-6-13/h12-16H,2-11H2,1H3. The van der Waals surface area contributed by atoms with Crippen molar-refractivity contribution in [3.8, 4) is 0 Å². The normalized spacial score (nSPS) is 32.5. The summed E-state index contributed by atoms with van der Waals surface area (Å²) in [6, 6.07) is 1.20. The van der Waals surface area contributed by atoms with Crippen LogP contribution in [0.2, 0.25) is 0 Å². The molecule has 20 heavy (non-hydrogen) atoms. The molecule has 1 heterocycles. The van der Waals surface area contributed by atoms with Crippen LogP contribution in [0.15, 0.2) is 0 Å². The van der Waals surface area contributed by atoms with Crippen molar-refractivity contribution in [2.45, 2.75) is 51.1 Å². The molecule has 3 fully saturated rings. The molecule has 0 radical (unpaired) electrons. The Bertz CT molecular complexity index is 429. The van der Waals surface area contributed by atoms with Crippen LogP contribution in [-0.4, -0.2) is 56.5 Å². The zero-order chi connectivity index (χ0) is 14.2. The second kappa shape index (κ2) is 5.93. The molecule has 3 aliphatic rings. The molecule has 3 rings (SSSR count). The average Bonchev–Trinajstić information content (AvgIpc) is 3.29. The first-order chi connectivity index (χ1) is 9.59. The van der Waals surface area contributed by atoms with E-state index in [2.05, 4.69) is 10.2 Å². The van der Waals surface area contributed by atoms with Gasteiger partial charge in [0, 0.05) is 37.5 Å². The van der Waals surface area contributed by atoms with Crippen molar-refractivity contribution in [1.29, 1.82) is 0 Å². The molecule has 1 N–H and O–H groups in total. The minimum atomic E-state index is -2.84. The summed E-state index contributed by atoms with van der Waals surface area (Å²) >= 11 is 0. The van der Waals surface area contributed by atoms with Crippen molar-refractivity contribution in [2.24, 2.45) is 11.8 Å². The highest BCUT2D eigenvalue weighted by atomic mass is 32.2. The largest absolute Gasteiger partial charge is 0.311 e. The van der Waals surface area contributed by atoms with Crippen LogP contribution < -0.4 is 5.32 Å². The molecule has 116 valence electrons. The van der Waals surface area contributed by atoms with Gasteiger partial charge >= 0.3 is 0 Å². The van der Waals surface area contributed by atoms with Gasteiger partial charge in [0.1, 0.15) is 0 Å². The zero-order valence-electron chi connectivity index (χ0n) is 12.6. The molecular formula is C15H28N2O2S. The summed E-state index contributed by atoms with van der Waals surface area (Å²) in [5.41, 5.74) is 0. The second-order valence-electron chi connectivity index (χ2n) is 6.90. The number of rotatable bonds is 7. The molecule has 1 saturated heterocycles. The average molecular weight is 300 g/mol. The number of nitrogens with zero attached hydrogens (tertiary/aromatic N) is 1. The highest BCUT2D eigenvalue weighted by Crippen LogP contribution is 2.39. The molecule has 0 aromatic heterocycles. The van der Waals surface area contributed by atoms with E-state index in [1.54, 1.807) is 0 Å². The predicted octanol–water partition coefficient (Wildman–Crippen LogP) is 1.27. The second-order valence-corrected chi connectivity index (χ2v) is 9.21. The molecule has 4 nitrogen and oxygen atoms in total. The third-order valence-corrected chi connectivity index (χ3v) is 6.89. The van der Waals surface area contributed by atoms with Crippen LogP contribution in [0.5, 0.6) is 0 Å². The topological polar surface area (TPSA) is 49.4 Å². The third kappa shape index (κ3) is 3.74. The van der Waals surface area contributed by atoms with Gasteiger partial charge in [0.15, 0.2) is 9.84 Å². The lowest BCUT2D eigenvalue weighted by atomic mass is 10.0. The lowest BCUT2D eigenvalue weighted by Crippen LogP contribution is -2.58. The Hall–Kier alpha value is -0.130. The first kappa shape index (κ1) is 14.8. The van der Waals surface area contributed by atoms with Gasteiger partial charge in [-0.15, -0.1) is 0 Å². The van der Waals surface area contributed by atoms with Gasteiger partial charge in [0.25, 0.3) is 0 Å². The number of hydrogen-bond acceptors (Lipinski definition) is 4. The summed E-state index contributed by atoms with van der Waals surface area (Å²) in [5, 5.41) is 3.71. The SMILES string of the molecule is CCCS(=O)(=O)CCN1CC(C2CC2)NCC1C1CC1. The molecule has 5 heteroatoms. The van der Waals surface area contributed by atoms with Gasteiger partial charge < -0.3 is 5.32 Å². The van der Waals surface area contributed by atoms with Crippen molar-refractivity contribution >= 4 is 9.84 Å². The van der Waals surface area contributed by atoms with Gasteiger partial charge in [-0.25, -0.2) is 8.42 Å². The van der Waals surface area contributed by atoms with Gasteiger partial charge in [0.2, 0.25) is 0 Å². The van der Waals surface area contributed by atoms with E-state index < -0.39 is 9.84 Å². The molecule has 1 aliphatic heterocycles. The lowest BCUT2D eigenvalue weighted by Gasteiger charge is -2.41. The van der Waals surface area contributed by atoms with E-state index in [4.69, 9.17) is 0 Å². The number of hydrogen-bond donors (Lipinski definition) is 1. The van der Waals surface area contributed by atoms with Crippen LogP contribution in [0.3, 0.4) is 0 Å².